The molecule has 0 saturated heterocycles. The summed E-state index contributed by atoms with van der Waals surface area (Å²) in [5.41, 5.74) is 11.6. The van der Waals surface area contributed by atoms with Crippen LogP contribution in [0, 0.1) is 0 Å². The zero-order valence-electron chi connectivity index (χ0n) is 28.8. The molecular formula is C44H42N4. The van der Waals surface area contributed by atoms with E-state index in [0.717, 1.165) is 35.6 Å². The van der Waals surface area contributed by atoms with Crippen molar-refractivity contribution < 1.29 is 0 Å². The molecule has 8 rings (SSSR count). The molecule has 4 heterocycles. The molecule has 0 aliphatic carbocycles. The summed E-state index contributed by atoms with van der Waals surface area (Å²) in [6.07, 6.45) is 6.19. The van der Waals surface area contributed by atoms with Gasteiger partial charge in [-0.3, -0.25) is 9.97 Å². The number of aromatic nitrogens is 4. The molecule has 4 aromatic heterocycles. The van der Waals surface area contributed by atoms with Crippen molar-refractivity contribution in [3.05, 3.63) is 133 Å². The average Bonchev–Trinajstić information content (AvgIpc) is 3.64. The van der Waals surface area contributed by atoms with Crippen LogP contribution in [0.25, 0.3) is 66.1 Å². The summed E-state index contributed by atoms with van der Waals surface area (Å²) < 4.78 is 4.82. The monoisotopic (exact) mass is 626 g/mol. The lowest BCUT2D eigenvalue weighted by molar-refractivity contribution is 0.491. The Morgan fingerprint density at radius 3 is 1.29 bits per heavy atom. The van der Waals surface area contributed by atoms with E-state index in [0.29, 0.717) is 0 Å². The van der Waals surface area contributed by atoms with Crippen molar-refractivity contribution in [2.24, 2.45) is 0 Å². The molecule has 0 atom stereocenters. The van der Waals surface area contributed by atoms with Gasteiger partial charge in [-0.1, -0.05) is 102 Å². The van der Waals surface area contributed by atoms with E-state index >= 15 is 0 Å². The number of para-hydroxylation sites is 2. The Labute approximate surface area is 282 Å². The summed E-state index contributed by atoms with van der Waals surface area (Å²) in [4.78, 5) is 9.91. The number of nitrogens with zero attached hydrogens (tertiary/aromatic N) is 4. The van der Waals surface area contributed by atoms with Crippen molar-refractivity contribution in [2.45, 2.75) is 65.2 Å². The van der Waals surface area contributed by atoms with Gasteiger partial charge in [0.2, 0.25) is 0 Å². The minimum Gasteiger partial charge on any atom is -0.309 e. The van der Waals surface area contributed by atoms with E-state index in [1.165, 1.54) is 54.7 Å². The summed E-state index contributed by atoms with van der Waals surface area (Å²) in [5, 5.41) is 4.81. The van der Waals surface area contributed by atoms with Crippen LogP contribution in [0.5, 0.6) is 0 Å². The number of benzene rings is 4. The predicted molar refractivity (Wildman–Crippen MR) is 203 cm³/mol. The first-order valence-corrected chi connectivity index (χ1v) is 17.2. The number of rotatable bonds is 7. The maximum Gasteiger partial charge on any atom is 0.0574 e. The van der Waals surface area contributed by atoms with Crippen LogP contribution in [0.3, 0.4) is 0 Å². The third-order valence-corrected chi connectivity index (χ3v) is 10.8. The highest BCUT2D eigenvalue weighted by Crippen LogP contribution is 2.38. The van der Waals surface area contributed by atoms with E-state index in [-0.39, 0.29) is 10.8 Å². The molecule has 0 amide bonds. The second-order valence-corrected chi connectivity index (χ2v) is 14.5. The molecule has 0 bridgehead atoms. The number of fused-ring (bicyclic) bond motifs is 6. The van der Waals surface area contributed by atoms with Crippen molar-refractivity contribution >= 4 is 43.6 Å². The van der Waals surface area contributed by atoms with Crippen LogP contribution < -0.4 is 0 Å². The van der Waals surface area contributed by atoms with E-state index < -0.39 is 0 Å². The van der Waals surface area contributed by atoms with Gasteiger partial charge in [0.25, 0.3) is 0 Å². The minimum absolute atomic E-state index is 0.00626. The highest BCUT2D eigenvalue weighted by atomic mass is 15.0. The second kappa shape index (κ2) is 11.2. The largest absolute Gasteiger partial charge is 0.309 e. The lowest BCUT2D eigenvalue weighted by atomic mass is 9.86. The Balaban J connectivity index is 1.30. The Kier molecular flexibility index (Phi) is 7.03. The highest BCUT2D eigenvalue weighted by Gasteiger charge is 2.24. The molecule has 0 fully saturated rings. The third kappa shape index (κ3) is 4.73. The van der Waals surface area contributed by atoms with Gasteiger partial charge in [-0.15, -0.1) is 0 Å². The van der Waals surface area contributed by atoms with Crippen LogP contribution in [-0.2, 0) is 10.8 Å². The highest BCUT2D eigenvalue weighted by molar-refractivity contribution is 6.10. The number of hydrogen-bond acceptors (Lipinski definition) is 2. The first-order chi connectivity index (χ1) is 23.2. The zero-order valence-corrected chi connectivity index (χ0v) is 28.8. The first-order valence-electron chi connectivity index (χ1n) is 17.2. The fourth-order valence-corrected chi connectivity index (χ4v) is 7.03. The number of hydrogen-bond donors (Lipinski definition) is 0. The van der Waals surface area contributed by atoms with Crippen molar-refractivity contribution in [1.29, 1.82) is 0 Å². The summed E-state index contributed by atoms with van der Waals surface area (Å²) in [6.45, 7) is 13.6. The topological polar surface area (TPSA) is 35.6 Å². The molecule has 0 N–H and O–H groups in total. The smallest absolute Gasteiger partial charge is 0.0574 e. The molecule has 0 saturated carbocycles. The van der Waals surface area contributed by atoms with Gasteiger partial charge in [0.05, 0.1) is 22.1 Å². The van der Waals surface area contributed by atoms with Crippen LogP contribution in [-0.4, -0.2) is 19.1 Å². The molecular weight excluding hydrogens is 585 g/mol. The van der Waals surface area contributed by atoms with Crippen LogP contribution in [0.15, 0.2) is 122 Å². The minimum atomic E-state index is -0.00626. The molecule has 238 valence electrons. The average molecular weight is 627 g/mol. The molecule has 4 aromatic carbocycles. The summed E-state index contributed by atoms with van der Waals surface area (Å²) in [7, 11) is 0. The normalized spacial score (nSPS) is 12.5. The summed E-state index contributed by atoms with van der Waals surface area (Å²) in [6, 6.07) is 39.9. The van der Waals surface area contributed by atoms with Crippen LogP contribution in [0.2, 0.25) is 0 Å². The van der Waals surface area contributed by atoms with Gasteiger partial charge in [-0.05, 0) is 72.5 Å². The molecule has 0 aliphatic rings. The van der Waals surface area contributed by atoms with Crippen molar-refractivity contribution in [1.82, 2.24) is 19.1 Å². The maximum atomic E-state index is 4.95. The van der Waals surface area contributed by atoms with E-state index in [4.69, 9.17) is 9.97 Å². The fourth-order valence-electron chi connectivity index (χ4n) is 7.03. The lowest BCUT2D eigenvalue weighted by Crippen LogP contribution is -2.17. The van der Waals surface area contributed by atoms with Crippen molar-refractivity contribution in [2.75, 3.05) is 0 Å². The summed E-state index contributed by atoms with van der Waals surface area (Å²) in [5.74, 6) is 0. The van der Waals surface area contributed by atoms with E-state index in [1.54, 1.807) is 0 Å². The fraction of sp³-hybridized carbons (Fsp3) is 0.227. The van der Waals surface area contributed by atoms with E-state index in [2.05, 4.69) is 172 Å². The van der Waals surface area contributed by atoms with Gasteiger partial charge >= 0.3 is 0 Å². The van der Waals surface area contributed by atoms with Crippen LogP contribution in [0.1, 0.15) is 65.8 Å². The van der Waals surface area contributed by atoms with E-state index in [1.807, 2.05) is 0 Å². The van der Waals surface area contributed by atoms with Gasteiger partial charge in [0, 0.05) is 67.5 Å². The molecule has 4 nitrogen and oxygen atoms in total. The maximum absolute atomic E-state index is 4.95. The molecule has 0 spiro atoms. The second-order valence-electron chi connectivity index (χ2n) is 14.5. The Morgan fingerprint density at radius 2 is 0.875 bits per heavy atom. The van der Waals surface area contributed by atoms with Gasteiger partial charge < -0.3 is 9.13 Å². The van der Waals surface area contributed by atoms with Gasteiger partial charge in [0.15, 0.2) is 0 Å². The SMILES string of the molecule is CCC(C)(C)c1cc2c(cn1)c1ccccc1n2-c1cccc(-c2cccc(-n3c4ccccc4c4cnc(C(C)(C)CC)cc43)c2)c1. The lowest BCUT2D eigenvalue weighted by Gasteiger charge is -2.22. The number of pyridine rings is 2. The molecule has 48 heavy (non-hydrogen) atoms. The quantitative estimate of drug-likeness (QED) is 0.176. The van der Waals surface area contributed by atoms with Crippen molar-refractivity contribution in [3.8, 4) is 22.5 Å². The molecule has 0 unspecified atom stereocenters. The zero-order chi connectivity index (χ0) is 33.2. The predicted octanol–water partition coefficient (Wildman–Crippen LogP) is 11.7. The molecule has 0 aliphatic heterocycles. The third-order valence-electron chi connectivity index (χ3n) is 10.8. The summed E-state index contributed by atoms with van der Waals surface area (Å²) >= 11 is 0. The molecule has 0 radical (unpaired) electrons. The van der Waals surface area contributed by atoms with Gasteiger partial charge in [-0.2, -0.15) is 0 Å². The molecule has 4 heteroatoms. The van der Waals surface area contributed by atoms with Gasteiger partial charge in [-0.25, -0.2) is 0 Å². The van der Waals surface area contributed by atoms with Crippen molar-refractivity contribution in [3.63, 3.8) is 0 Å². The van der Waals surface area contributed by atoms with E-state index in [9.17, 15) is 0 Å². The Hall–Kier alpha value is -5.22. The Morgan fingerprint density at radius 1 is 0.458 bits per heavy atom. The Bertz CT molecular complexity index is 2320. The molecule has 8 aromatic rings. The van der Waals surface area contributed by atoms with Crippen LogP contribution in [0.4, 0.5) is 0 Å². The first kappa shape index (κ1) is 30.1. The standard InChI is InChI=1S/C44H42N4/c1-7-43(3,4)41-25-39-35(27-45-41)33-19-9-11-21-37(33)47(39)31-17-13-15-29(23-31)30-16-14-18-32(24-30)48-38-22-12-10-20-34(38)36-28-46-42(26-40(36)48)44(5,6)8-2/h9-28H,7-8H2,1-6H3. The van der Waals surface area contributed by atoms with Crippen LogP contribution >= 0.6 is 0 Å². The van der Waals surface area contributed by atoms with Gasteiger partial charge in [0.1, 0.15) is 0 Å².